The zero-order valence-electron chi connectivity index (χ0n) is 12.3. The van der Waals surface area contributed by atoms with E-state index in [9.17, 15) is 9.59 Å². The molecule has 0 N–H and O–H groups in total. The van der Waals surface area contributed by atoms with Crippen molar-refractivity contribution in [3.05, 3.63) is 36.7 Å². The molecule has 1 aliphatic rings. The van der Waals surface area contributed by atoms with Crippen molar-refractivity contribution in [1.29, 1.82) is 0 Å². The van der Waals surface area contributed by atoms with E-state index in [2.05, 4.69) is 4.98 Å². The molecule has 0 bridgehead atoms. The van der Waals surface area contributed by atoms with Gasteiger partial charge in [0.05, 0.1) is 16.5 Å². The zero-order chi connectivity index (χ0) is 15.9. The molecule has 0 aliphatic carbocycles. The Morgan fingerprint density at radius 1 is 1.32 bits per heavy atom. The maximum atomic E-state index is 11.4. The van der Waals surface area contributed by atoms with Crippen LogP contribution in [-0.4, -0.2) is 41.0 Å². The summed E-state index contributed by atoms with van der Waals surface area (Å²) in [6.45, 7) is 2.68. The molecule has 2 heterocycles. The highest BCUT2D eigenvalue weighted by Gasteiger charge is 2.36. The molecule has 22 heavy (non-hydrogen) atoms. The Kier molecular flexibility index (Phi) is 5.83. The summed E-state index contributed by atoms with van der Waals surface area (Å²) in [7, 11) is 0. The summed E-state index contributed by atoms with van der Waals surface area (Å²) >= 11 is 1.46. The van der Waals surface area contributed by atoms with E-state index in [-0.39, 0.29) is 11.9 Å². The van der Waals surface area contributed by atoms with Crippen LogP contribution in [0, 0.1) is 0 Å². The van der Waals surface area contributed by atoms with Crippen molar-refractivity contribution in [2.24, 2.45) is 0 Å². The van der Waals surface area contributed by atoms with Gasteiger partial charge in [-0.3, -0.25) is 9.59 Å². The quantitative estimate of drug-likeness (QED) is 0.767. The second-order valence-corrected chi connectivity index (χ2v) is 5.83. The molecule has 1 aromatic rings. The fourth-order valence-electron chi connectivity index (χ4n) is 1.95. The Morgan fingerprint density at radius 3 is 2.77 bits per heavy atom. The van der Waals surface area contributed by atoms with Crippen molar-refractivity contribution in [3.63, 3.8) is 0 Å². The molecule has 0 unspecified atom stereocenters. The van der Waals surface area contributed by atoms with Gasteiger partial charge in [-0.25, -0.2) is 4.98 Å². The van der Waals surface area contributed by atoms with Crippen molar-refractivity contribution < 1.29 is 23.8 Å². The minimum atomic E-state index is -0.561. The number of ether oxygens (including phenoxy) is 3. The molecule has 2 rings (SSSR count). The SMILES string of the molecule is CC(=O)OC[C@H]1OC=C[C@H](Sc2ccccn2)[C@H]1OC(C)=O. The number of hydrogen-bond acceptors (Lipinski definition) is 7. The first-order chi connectivity index (χ1) is 10.6. The Hall–Kier alpha value is -2.02. The lowest BCUT2D eigenvalue weighted by Crippen LogP contribution is -2.44. The standard InChI is InChI=1S/C15H17NO5S/c1-10(17)20-9-12-15(21-11(2)18)13(6-8-19-12)22-14-5-3-4-7-16-14/h3-8,12-13,15H,9H2,1-2H3/t12-,13+,15+/m1/s1. The van der Waals surface area contributed by atoms with E-state index in [1.165, 1.54) is 31.9 Å². The van der Waals surface area contributed by atoms with Gasteiger partial charge in [-0.2, -0.15) is 0 Å². The van der Waals surface area contributed by atoms with E-state index in [0.717, 1.165) is 5.03 Å². The molecule has 0 saturated carbocycles. The van der Waals surface area contributed by atoms with Crippen LogP contribution in [0.25, 0.3) is 0 Å². The zero-order valence-corrected chi connectivity index (χ0v) is 13.1. The summed E-state index contributed by atoms with van der Waals surface area (Å²) in [5.74, 6) is -0.822. The summed E-state index contributed by atoms with van der Waals surface area (Å²) in [5, 5.41) is 0.635. The Labute approximate surface area is 132 Å². The molecule has 0 radical (unpaired) electrons. The molecule has 0 fully saturated rings. The predicted octanol–water partition coefficient (Wildman–Crippen LogP) is 1.95. The highest BCUT2D eigenvalue weighted by molar-refractivity contribution is 8.00. The third kappa shape index (κ3) is 4.77. The smallest absolute Gasteiger partial charge is 0.303 e. The Morgan fingerprint density at radius 2 is 2.14 bits per heavy atom. The van der Waals surface area contributed by atoms with Crippen LogP contribution in [0.5, 0.6) is 0 Å². The maximum absolute atomic E-state index is 11.4. The van der Waals surface area contributed by atoms with E-state index in [1.54, 1.807) is 12.3 Å². The fourth-order valence-corrected chi connectivity index (χ4v) is 3.02. The van der Waals surface area contributed by atoms with E-state index < -0.39 is 24.1 Å². The molecular weight excluding hydrogens is 306 g/mol. The monoisotopic (exact) mass is 323 g/mol. The summed E-state index contributed by atoms with van der Waals surface area (Å²) in [4.78, 5) is 26.6. The number of carbonyl (C=O) groups is 2. The van der Waals surface area contributed by atoms with E-state index in [4.69, 9.17) is 14.2 Å². The lowest BCUT2D eigenvalue weighted by Gasteiger charge is -2.33. The van der Waals surface area contributed by atoms with Crippen molar-refractivity contribution in [1.82, 2.24) is 4.98 Å². The third-order valence-corrected chi connectivity index (χ3v) is 4.04. The molecule has 7 heteroatoms. The van der Waals surface area contributed by atoms with Gasteiger partial charge >= 0.3 is 11.9 Å². The van der Waals surface area contributed by atoms with Crippen LogP contribution in [0.4, 0.5) is 0 Å². The minimum Gasteiger partial charge on any atom is -0.491 e. The van der Waals surface area contributed by atoms with Gasteiger partial charge in [0.25, 0.3) is 0 Å². The van der Waals surface area contributed by atoms with E-state index >= 15 is 0 Å². The summed E-state index contributed by atoms with van der Waals surface area (Å²) in [6, 6.07) is 5.59. The number of thioether (sulfide) groups is 1. The topological polar surface area (TPSA) is 74.7 Å². The second kappa shape index (κ2) is 7.84. The molecule has 1 aliphatic heterocycles. The highest BCUT2D eigenvalue weighted by atomic mass is 32.2. The summed E-state index contributed by atoms with van der Waals surface area (Å²) < 4.78 is 15.8. The van der Waals surface area contributed by atoms with Crippen molar-refractivity contribution in [2.75, 3.05) is 6.61 Å². The fraction of sp³-hybridized carbons (Fsp3) is 0.400. The van der Waals surface area contributed by atoms with Crippen LogP contribution in [0.15, 0.2) is 41.8 Å². The number of carbonyl (C=O) groups excluding carboxylic acids is 2. The maximum Gasteiger partial charge on any atom is 0.303 e. The van der Waals surface area contributed by atoms with Crippen LogP contribution in [0.3, 0.4) is 0 Å². The average molecular weight is 323 g/mol. The highest BCUT2D eigenvalue weighted by Crippen LogP contribution is 2.31. The van der Waals surface area contributed by atoms with Gasteiger partial charge in [-0.15, -0.1) is 0 Å². The lowest BCUT2D eigenvalue weighted by molar-refractivity contribution is -0.159. The number of nitrogens with zero attached hydrogens (tertiary/aromatic N) is 1. The number of pyridine rings is 1. The van der Waals surface area contributed by atoms with E-state index in [1.807, 2.05) is 18.2 Å². The number of hydrogen-bond donors (Lipinski definition) is 0. The molecule has 0 spiro atoms. The first-order valence-corrected chi connectivity index (χ1v) is 7.64. The average Bonchev–Trinajstić information content (AvgIpc) is 2.48. The van der Waals surface area contributed by atoms with Gasteiger partial charge in [0.15, 0.2) is 12.2 Å². The molecule has 3 atom stereocenters. The van der Waals surface area contributed by atoms with Crippen molar-refractivity contribution in [2.45, 2.75) is 36.3 Å². The number of esters is 2. The van der Waals surface area contributed by atoms with Crippen LogP contribution < -0.4 is 0 Å². The van der Waals surface area contributed by atoms with Crippen molar-refractivity contribution in [3.8, 4) is 0 Å². The largest absolute Gasteiger partial charge is 0.491 e. The first-order valence-electron chi connectivity index (χ1n) is 6.76. The first kappa shape index (κ1) is 16.4. The van der Waals surface area contributed by atoms with Crippen molar-refractivity contribution >= 4 is 23.7 Å². The molecule has 6 nitrogen and oxygen atoms in total. The van der Waals surface area contributed by atoms with Crippen LogP contribution in [0.2, 0.25) is 0 Å². The molecule has 0 amide bonds. The third-order valence-electron chi connectivity index (χ3n) is 2.86. The van der Waals surface area contributed by atoms with E-state index in [0.29, 0.717) is 0 Å². The van der Waals surface area contributed by atoms with Crippen LogP contribution >= 0.6 is 11.8 Å². The van der Waals surface area contributed by atoms with Gasteiger partial charge in [0.1, 0.15) is 6.61 Å². The molecule has 118 valence electrons. The van der Waals surface area contributed by atoms with Gasteiger partial charge in [0, 0.05) is 20.0 Å². The summed E-state index contributed by atoms with van der Waals surface area (Å²) in [6.07, 6.45) is 3.93. The van der Waals surface area contributed by atoms with Gasteiger partial charge in [-0.1, -0.05) is 17.8 Å². The molecular formula is C15H17NO5S. The number of aromatic nitrogens is 1. The summed E-state index contributed by atoms with van der Waals surface area (Å²) in [5.41, 5.74) is 0. The Balaban J connectivity index is 2.11. The molecule has 1 aromatic heterocycles. The predicted molar refractivity (Wildman–Crippen MR) is 80.1 cm³/mol. The molecule has 0 aromatic carbocycles. The van der Waals surface area contributed by atoms with Gasteiger partial charge < -0.3 is 14.2 Å². The van der Waals surface area contributed by atoms with Crippen LogP contribution in [0.1, 0.15) is 13.8 Å². The number of rotatable bonds is 5. The van der Waals surface area contributed by atoms with Crippen LogP contribution in [-0.2, 0) is 23.8 Å². The Bertz CT molecular complexity index is 548. The normalized spacial score (nSPS) is 23.5. The lowest BCUT2D eigenvalue weighted by atomic mass is 10.1. The molecule has 0 saturated heterocycles. The second-order valence-electron chi connectivity index (χ2n) is 4.63. The minimum absolute atomic E-state index is 0.0247. The van der Waals surface area contributed by atoms with Gasteiger partial charge in [-0.05, 0) is 18.2 Å². The van der Waals surface area contributed by atoms with Gasteiger partial charge in [0.2, 0.25) is 0 Å².